The van der Waals surface area contributed by atoms with Gasteiger partial charge in [0.2, 0.25) is 11.8 Å². The van der Waals surface area contributed by atoms with Gasteiger partial charge in [-0.05, 0) is 49.4 Å². The van der Waals surface area contributed by atoms with Gasteiger partial charge in [0.25, 0.3) is 0 Å². The molecule has 3 aliphatic rings. The number of aryl methyl sites for hydroxylation is 1. The summed E-state index contributed by atoms with van der Waals surface area (Å²) in [5.74, 6) is 1.24. The molecule has 0 N–H and O–H groups in total. The average Bonchev–Trinajstić information content (AvgIpc) is 3.58. The Labute approximate surface area is 194 Å². The molecule has 1 saturated heterocycles. The van der Waals surface area contributed by atoms with Crippen LogP contribution in [0.15, 0.2) is 48.5 Å². The molecular weight excluding hydrogens is 412 g/mol. The second kappa shape index (κ2) is 8.32. The molecule has 6 nitrogen and oxygen atoms in total. The largest absolute Gasteiger partial charge is 0.339 e. The van der Waals surface area contributed by atoms with Crippen molar-refractivity contribution in [3.05, 3.63) is 59.9 Å². The molecule has 3 aromatic rings. The number of hydrogen-bond donors (Lipinski definition) is 0. The third kappa shape index (κ3) is 3.62. The summed E-state index contributed by atoms with van der Waals surface area (Å²) in [6.45, 7) is 1.71. The highest BCUT2D eigenvalue weighted by molar-refractivity contribution is 5.95. The van der Waals surface area contributed by atoms with Crippen molar-refractivity contribution in [1.29, 1.82) is 0 Å². The van der Waals surface area contributed by atoms with Crippen LogP contribution in [0.4, 0.5) is 5.69 Å². The minimum atomic E-state index is 0.0342. The van der Waals surface area contributed by atoms with Crippen LogP contribution < -0.4 is 4.90 Å². The van der Waals surface area contributed by atoms with E-state index >= 15 is 0 Å². The van der Waals surface area contributed by atoms with Crippen LogP contribution in [-0.4, -0.2) is 45.4 Å². The fraction of sp³-hybridized carbons (Fsp3) is 0.444. The number of carbonyl (C=O) groups excluding carboxylic acids is 2. The highest BCUT2D eigenvalue weighted by Crippen LogP contribution is 2.35. The van der Waals surface area contributed by atoms with E-state index in [-0.39, 0.29) is 24.3 Å². The van der Waals surface area contributed by atoms with E-state index in [1.165, 1.54) is 18.4 Å². The van der Waals surface area contributed by atoms with Crippen LogP contribution in [0.5, 0.6) is 0 Å². The van der Waals surface area contributed by atoms with Gasteiger partial charge >= 0.3 is 0 Å². The minimum Gasteiger partial charge on any atom is -0.339 e. The quantitative estimate of drug-likeness (QED) is 0.606. The lowest BCUT2D eigenvalue weighted by atomic mass is 10.0. The van der Waals surface area contributed by atoms with Crippen molar-refractivity contribution in [3.8, 4) is 0 Å². The van der Waals surface area contributed by atoms with Crippen LogP contribution in [0.25, 0.3) is 11.0 Å². The molecule has 6 rings (SSSR count). The zero-order valence-corrected chi connectivity index (χ0v) is 18.9. The van der Waals surface area contributed by atoms with Gasteiger partial charge in [0.1, 0.15) is 12.4 Å². The van der Waals surface area contributed by atoms with E-state index in [4.69, 9.17) is 4.98 Å². The smallest absolute Gasteiger partial charge is 0.246 e. The Bertz CT molecular complexity index is 1210. The molecule has 3 heterocycles. The van der Waals surface area contributed by atoms with Crippen molar-refractivity contribution >= 4 is 28.5 Å². The van der Waals surface area contributed by atoms with E-state index in [1.54, 1.807) is 0 Å². The van der Waals surface area contributed by atoms with Crippen LogP contribution in [0.3, 0.4) is 0 Å². The molecule has 0 bridgehead atoms. The molecule has 1 saturated carbocycles. The summed E-state index contributed by atoms with van der Waals surface area (Å²) in [4.78, 5) is 35.4. The number of rotatable bonds is 4. The summed E-state index contributed by atoms with van der Waals surface area (Å²) < 4.78 is 2.07. The topological polar surface area (TPSA) is 58.4 Å². The molecule has 1 aliphatic carbocycles. The van der Waals surface area contributed by atoms with E-state index in [1.807, 2.05) is 41.3 Å². The Morgan fingerprint density at radius 1 is 1.00 bits per heavy atom. The molecule has 1 aromatic heterocycles. The normalized spacial score (nSPS) is 21.2. The summed E-state index contributed by atoms with van der Waals surface area (Å²) in [5.41, 5.74) is 4.13. The lowest BCUT2D eigenvalue weighted by molar-refractivity contribution is -0.129. The van der Waals surface area contributed by atoms with E-state index in [0.29, 0.717) is 19.0 Å². The zero-order chi connectivity index (χ0) is 22.4. The van der Waals surface area contributed by atoms with Crippen molar-refractivity contribution in [2.45, 2.75) is 63.5 Å². The Balaban J connectivity index is 1.32. The number of likely N-dealkylation sites (tertiary alicyclic amines) is 1. The van der Waals surface area contributed by atoms with E-state index in [2.05, 4.69) is 21.6 Å². The molecule has 2 amide bonds. The fourth-order valence-electron chi connectivity index (χ4n) is 6.06. The maximum atomic E-state index is 13.6. The molecule has 0 spiro atoms. The number of nitrogens with zero attached hydrogens (tertiary/aromatic N) is 4. The summed E-state index contributed by atoms with van der Waals surface area (Å²) in [6, 6.07) is 16.6. The predicted molar refractivity (Wildman–Crippen MR) is 128 cm³/mol. The zero-order valence-electron chi connectivity index (χ0n) is 18.9. The average molecular weight is 443 g/mol. The molecule has 170 valence electrons. The van der Waals surface area contributed by atoms with Crippen molar-refractivity contribution in [3.63, 3.8) is 0 Å². The number of para-hydroxylation sites is 3. The van der Waals surface area contributed by atoms with Crippen LogP contribution >= 0.6 is 0 Å². The number of fused-ring (bicyclic) bond motifs is 2. The first kappa shape index (κ1) is 20.5. The van der Waals surface area contributed by atoms with E-state index in [0.717, 1.165) is 54.8 Å². The van der Waals surface area contributed by atoms with Gasteiger partial charge < -0.3 is 14.4 Å². The Kier molecular flexibility index (Phi) is 5.16. The predicted octanol–water partition coefficient (Wildman–Crippen LogP) is 4.27. The number of amides is 2. The van der Waals surface area contributed by atoms with Gasteiger partial charge in [-0.3, -0.25) is 9.59 Å². The minimum absolute atomic E-state index is 0.0342. The first-order valence-electron chi connectivity index (χ1n) is 12.3. The Hall–Kier alpha value is -3.15. The summed E-state index contributed by atoms with van der Waals surface area (Å²) in [6.07, 6.45) is 7.13. The molecule has 0 radical (unpaired) electrons. The second-order valence-electron chi connectivity index (χ2n) is 9.71. The summed E-state index contributed by atoms with van der Waals surface area (Å²) in [5, 5.41) is 0. The summed E-state index contributed by atoms with van der Waals surface area (Å²) in [7, 11) is 0. The SMILES string of the molecule is O=C(Cn1c(C2CC(=O)N(C3CCCC3)C2)nc2ccccc21)N1CCCc2ccccc21. The molecular formula is C27H30N4O2. The molecule has 1 atom stereocenters. The first-order valence-corrected chi connectivity index (χ1v) is 12.3. The van der Waals surface area contributed by atoms with Gasteiger partial charge in [0.05, 0.1) is 11.0 Å². The van der Waals surface area contributed by atoms with Gasteiger partial charge in [-0.2, -0.15) is 0 Å². The van der Waals surface area contributed by atoms with Gasteiger partial charge in [0, 0.05) is 37.2 Å². The molecule has 6 heteroatoms. The maximum Gasteiger partial charge on any atom is 0.246 e. The molecule has 2 aromatic carbocycles. The van der Waals surface area contributed by atoms with Crippen LogP contribution in [0.2, 0.25) is 0 Å². The van der Waals surface area contributed by atoms with Crippen LogP contribution in [0, 0.1) is 0 Å². The number of anilines is 1. The number of carbonyl (C=O) groups is 2. The van der Waals surface area contributed by atoms with Crippen molar-refractivity contribution < 1.29 is 9.59 Å². The standard InChI is InChI=1S/C27H30N4O2/c32-25-16-20(17-30(25)21-10-2-3-11-21)27-28-22-12-4-6-14-24(22)31(27)18-26(33)29-15-7-9-19-8-1-5-13-23(19)29/h1,4-6,8,12-14,20-21H,2-3,7,9-11,15-18H2. The van der Waals surface area contributed by atoms with Gasteiger partial charge in [0.15, 0.2) is 0 Å². The number of aromatic nitrogens is 2. The maximum absolute atomic E-state index is 13.6. The van der Waals surface area contributed by atoms with Crippen LogP contribution in [0.1, 0.15) is 55.8 Å². The van der Waals surface area contributed by atoms with Crippen molar-refractivity contribution in [2.24, 2.45) is 0 Å². The molecule has 2 fully saturated rings. The Morgan fingerprint density at radius 3 is 2.67 bits per heavy atom. The number of hydrogen-bond acceptors (Lipinski definition) is 3. The van der Waals surface area contributed by atoms with Gasteiger partial charge in [-0.15, -0.1) is 0 Å². The number of benzene rings is 2. The fourth-order valence-corrected chi connectivity index (χ4v) is 6.06. The third-order valence-corrected chi connectivity index (χ3v) is 7.68. The first-order chi connectivity index (χ1) is 16.2. The highest BCUT2D eigenvalue weighted by Gasteiger charge is 2.38. The molecule has 2 aliphatic heterocycles. The lowest BCUT2D eigenvalue weighted by Crippen LogP contribution is -2.38. The van der Waals surface area contributed by atoms with Crippen molar-refractivity contribution in [2.75, 3.05) is 18.0 Å². The highest BCUT2D eigenvalue weighted by atomic mass is 16.2. The van der Waals surface area contributed by atoms with Gasteiger partial charge in [-0.25, -0.2) is 4.98 Å². The molecule has 33 heavy (non-hydrogen) atoms. The second-order valence-corrected chi connectivity index (χ2v) is 9.71. The number of imidazole rings is 1. The summed E-state index contributed by atoms with van der Waals surface area (Å²) >= 11 is 0. The molecule has 1 unspecified atom stereocenters. The lowest BCUT2D eigenvalue weighted by Gasteiger charge is -2.30. The Morgan fingerprint density at radius 2 is 1.79 bits per heavy atom. The van der Waals surface area contributed by atoms with Crippen molar-refractivity contribution in [1.82, 2.24) is 14.5 Å². The monoisotopic (exact) mass is 442 g/mol. The van der Waals surface area contributed by atoms with E-state index in [9.17, 15) is 9.59 Å². The van der Waals surface area contributed by atoms with Gasteiger partial charge in [-0.1, -0.05) is 43.2 Å². The third-order valence-electron chi connectivity index (χ3n) is 7.68. The van der Waals surface area contributed by atoms with E-state index < -0.39 is 0 Å². The van der Waals surface area contributed by atoms with Crippen LogP contribution in [-0.2, 0) is 22.6 Å².